The molecule has 1 aromatic heterocycles. The van der Waals surface area contributed by atoms with Crippen molar-refractivity contribution in [2.75, 3.05) is 0 Å². The predicted molar refractivity (Wildman–Crippen MR) is 39.0 cm³/mol. The van der Waals surface area contributed by atoms with Crippen LogP contribution >= 0.6 is 0 Å². The van der Waals surface area contributed by atoms with Crippen molar-refractivity contribution in [2.24, 2.45) is 7.05 Å². The van der Waals surface area contributed by atoms with Crippen LogP contribution in [0.2, 0.25) is 0 Å². The molecule has 1 heterocycles. The SMILES string of the molecule is Cc1cnc(=O)n(C)c1C. The van der Waals surface area contributed by atoms with Crippen LogP contribution in [-0.2, 0) is 7.05 Å². The monoisotopic (exact) mass is 138 g/mol. The van der Waals surface area contributed by atoms with Crippen molar-refractivity contribution in [3.05, 3.63) is 27.9 Å². The molecule has 0 spiro atoms. The molecule has 0 aliphatic heterocycles. The van der Waals surface area contributed by atoms with E-state index in [1.807, 2.05) is 13.8 Å². The van der Waals surface area contributed by atoms with Gasteiger partial charge in [0.25, 0.3) is 0 Å². The molecule has 0 radical (unpaired) electrons. The summed E-state index contributed by atoms with van der Waals surface area (Å²) >= 11 is 0. The topological polar surface area (TPSA) is 34.9 Å². The van der Waals surface area contributed by atoms with Crippen LogP contribution in [0.4, 0.5) is 0 Å². The maximum Gasteiger partial charge on any atom is 0.347 e. The van der Waals surface area contributed by atoms with E-state index in [0.29, 0.717) is 0 Å². The molecule has 0 unspecified atom stereocenters. The van der Waals surface area contributed by atoms with Crippen LogP contribution in [0.5, 0.6) is 0 Å². The van der Waals surface area contributed by atoms with Crippen LogP contribution in [0.1, 0.15) is 11.3 Å². The molecule has 3 heteroatoms. The van der Waals surface area contributed by atoms with Gasteiger partial charge in [0.15, 0.2) is 0 Å². The van der Waals surface area contributed by atoms with Crippen LogP contribution in [0.3, 0.4) is 0 Å². The van der Waals surface area contributed by atoms with E-state index in [4.69, 9.17) is 0 Å². The van der Waals surface area contributed by atoms with Gasteiger partial charge < -0.3 is 0 Å². The lowest BCUT2D eigenvalue weighted by molar-refractivity contribution is 0.764. The number of aryl methyl sites for hydroxylation is 1. The van der Waals surface area contributed by atoms with Gasteiger partial charge in [0.05, 0.1) is 0 Å². The minimum Gasteiger partial charge on any atom is -0.299 e. The Morgan fingerprint density at radius 3 is 2.60 bits per heavy atom. The number of nitrogens with zero attached hydrogens (tertiary/aromatic N) is 2. The third kappa shape index (κ3) is 0.943. The molecule has 0 fully saturated rings. The van der Waals surface area contributed by atoms with Gasteiger partial charge in [-0.25, -0.2) is 9.78 Å². The second-order valence-electron chi connectivity index (χ2n) is 2.37. The molecule has 54 valence electrons. The highest BCUT2D eigenvalue weighted by atomic mass is 16.1. The van der Waals surface area contributed by atoms with Gasteiger partial charge in [-0.3, -0.25) is 4.57 Å². The van der Waals surface area contributed by atoms with E-state index in [0.717, 1.165) is 11.3 Å². The first-order chi connectivity index (χ1) is 4.63. The lowest BCUT2D eigenvalue weighted by Crippen LogP contribution is -2.22. The maximum atomic E-state index is 10.8. The molecule has 0 saturated carbocycles. The summed E-state index contributed by atoms with van der Waals surface area (Å²) in [6, 6.07) is 0. The molecule has 0 amide bonds. The zero-order valence-corrected chi connectivity index (χ0v) is 6.38. The van der Waals surface area contributed by atoms with Crippen LogP contribution in [0.25, 0.3) is 0 Å². The lowest BCUT2D eigenvalue weighted by Gasteiger charge is -2.02. The Hall–Kier alpha value is -1.12. The highest BCUT2D eigenvalue weighted by molar-refractivity contribution is 5.12. The molecule has 0 aromatic carbocycles. The van der Waals surface area contributed by atoms with Crippen molar-refractivity contribution < 1.29 is 0 Å². The third-order valence-corrected chi connectivity index (χ3v) is 1.73. The Kier molecular flexibility index (Phi) is 1.57. The quantitative estimate of drug-likeness (QED) is 0.520. The highest BCUT2D eigenvalue weighted by Crippen LogP contribution is 1.97. The minimum atomic E-state index is -0.192. The summed E-state index contributed by atoms with van der Waals surface area (Å²) in [5.74, 6) is 0. The van der Waals surface area contributed by atoms with E-state index in [1.54, 1.807) is 13.2 Å². The lowest BCUT2D eigenvalue weighted by atomic mass is 10.3. The Morgan fingerprint density at radius 1 is 1.50 bits per heavy atom. The van der Waals surface area contributed by atoms with E-state index in [2.05, 4.69) is 4.98 Å². The molecule has 10 heavy (non-hydrogen) atoms. The fraction of sp³-hybridized carbons (Fsp3) is 0.429. The summed E-state index contributed by atoms with van der Waals surface area (Å²) in [6.45, 7) is 3.83. The zero-order valence-electron chi connectivity index (χ0n) is 6.38. The van der Waals surface area contributed by atoms with Crippen molar-refractivity contribution >= 4 is 0 Å². The van der Waals surface area contributed by atoms with Crippen LogP contribution < -0.4 is 5.69 Å². The standard InChI is InChI=1S/C7H10N2O/c1-5-4-8-7(10)9(3)6(5)2/h4H,1-3H3. The van der Waals surface area contributed by atoms with Crippen LogP contribution in [0.15, 0.2) is 11.0 Å². The minimum absolute atomic E-state index is 0.192. The first-order valence-corrected chi connectivity index (χ1v) is 3.12. The van der Waals surface area contributed by atoms with Crippen molar-refractivity contribution in [1.82, 2.24) is 9.55 Å². The molecular formula is C7H10N2O. The Balaban J connectivity index is 3.49. The van der Waals surface area contributed by atoms with Crippen LogP contribution in [0, 0.1) is 13.8 Å². The second kappa shape index (κ2) is 2.25. The molecule has 0 saturated heterocycles. The maximum absolute atomic E-state index is 10.8. The normalized spacial score (nSPS) is 9.90. The van der Waals surface area contributed by atoms with Crippen molar-refractivity contribution in [1.29, 1.82) is 0 Å². The van der Waals surface area contributed by atoms with Gasteiger partial charge in [0, 0.05) is 18.9 Å². The van der Waals surface area contributed by atoms with E-state index in [1.165, 1.54) is 4.57 Å². The summed E-state index contributed by atoms with van der Waals surface area (Å²) in [4.78, 5) is 14.5. The van der Waals surface area contributed by atoms with Crippen molar-refractivity contribution in [3.8, 4) is 0 Å². The predicted octanol–water partition coefficient (Wildman–Crippen LogP) is 0.397. The third-order valence-electron chi connectivity index (χ3n) is 1.73. The summed E-state index contributed by atoms with van der Waals surface area (Å²) in [5, 5.41) is 0. The molecular weight excluding hydrogens is 128 g/mol. The first-order valence-electron chi connectivity index (χ1n) is 3.12. The zero-order chi connectivity index (χ0) is 7.72. The Labute approximate surface area is 59.3 Å². The fourth-order valence-electron chi connectivity index (χ4n) is 0.740. The number of aromatic nitrogens is 2. The molecule has 0 atom stereocenters. The summed E-state index contributed by atoms with van der Waals surface area (Å²) in [6.07, 6.45) is 1.59. The molecule has 0 N–H and O–H groups in total. The van der Waals surface area contributed by atoms with Crippen molar-refractivity contribution in [3.63, 3.8) is 0 Å². The smallest absolute Gasteiger partial charge is 0.299 e. The number of rotatable bonds is 0. The highest BCUT2D eigenvalue weighted by Gasteiger charge is 1.96. The molecule has 0 aliphatic carbocycles. The van der Waals surface area contributed by atoms with E-state index >= 15 is 0 Å². The molecule has 0 aliphatic rings. The molecule has 3 nitrogen and oxygen atoms in total. The largest absolute Gasteiger partial charge is 0.347 e. The molecule has 1 rings (SSSR count). The van der Waals surface area contributed by atoms with Gasteiger partial charge in [-0.1, -0.05) is 0 Å². The number of hydrogen-bond acceptors (Lipinski definition) is 2. The Morgan fingerprint density at radius 2 is 2.10 bits per heavy atom. The van der Waals surface area contributed by atoms with Crippen LogP contribution in [-0.4, -0.2) is 9.55 Å². The van der Waals surface area contributed by atoms with Crippen molar-refractivity contribution in [2.45, 2.75) is 13.8 Å². The summed E-state index contributed by atoms with van der Waals surface area (Å²) in [7, 11) is 1.72. The average molecular weight is 138 g/mol. The summed E-state index contributed by atoms with van der Waals surface area (Å²) < 4.78 is 1.54. The first kappa shape index (κ1) is 6.99. The second-order valence-corrected chi connectivity index (χ2v) is 2.37. The van der Waals surface area contributed by atoms with Gasteiger partial charge in [-0.2, -0.15) is 0 Å². The van der Waals surface area contributed by atoms with Gasteiger partial charge in [-0.15, -0.1) is 0 Å². The Bertz CT molecular complexity index is 301. The summed E-state index contributed by atoms with van der Waals surface area (Å²) in [5.41, 5.74) is 1.82. The van der Waals surface area contributed by atoms with E-state index in [-0.39, 0.29) is 5.69 Å². The average Bonchev–Trinajstić information content (AvgIpc) is 1.93. The number of hydrogen-bond donors (Lipinski definition) is 0. The van der Waals surface area contributed by atoms with Gasteiger partial charge >= 0.3 is 5.69 Å². The van der Waals surface area contributed by atoms with Gasteiger partial charge in [-0.05, 0) is 19.4 Å². The van der Waals surface area contributed by atoms with E-state index in [9.17, 15) is 4.79 Å². The van der Waals surface area contributed by atoms with Gasteiger partial charge in [0.2, 0.25) is 0 Å². The molecule has 0 bridgehead atoms. The molecule has 1 aromatic rings. The van der Waals surface area contributed by atoms with E-state index < -0.39 is 0 Å². The fourth-order valence-corrected chi connectivity index (χ4v) is 0.740. The van der Waals surface area contributed by atoms with Gasteiger partial charge in [0.1, 0.15) is 0 Å².